The SMILES string of the molecule is CCCN1CC2(CCN(C(N)=O)CC2)c2c([nH]c3cc(OC)ccc23)C1CO. The van der Waals surface area contributed by atoms with Gasteiger partial charge in [-0.3, -0.25) is 4.90 Å². The molecule has 2 aliphatic heterocycles. The van der Waals surface area contributed by atoms with E-state index in [0.29, 0.717) is 13.1 Å². The standard InChI is InChI=1S/C21H30N4O3/c1-3-8-25-13-21(6-9-24(10-7-21)20(22)27)18-15-5-4-14(28-2)11-16(15)23-19(18)17(25)12-26/h4-5,11,17,23,26H,3,6-10,12-13H2,1-2H3,(H2,22,27). The number of aromatic amines is 1. The minimum atomic E-state index is -0.340. The predicted molar refractivity (Wildman–Crippen MR) is 109 cm³/mol. The van der Waals surface area contributed by atoms with Crippen molar-refractivity contribution in [3.8, 4) is 5.75 Å². The Balaban J connectivity index is 1.85. The largest absolute Gasteiger partial charge is 0.497 e. The normalized spacial score (nSPS) is 21.8. The lowest BCUT2D eigenvalue weighted by molar-refractivity contribution is 0.0547. The summed E-state index contributed by atoms with van der Waals surface area (Å²) in [6.45, 7) is 5.42. The third-order valence-electron chi connectivity index (χ3n) is 6.56. The number of aliphatic hydroxyl groups is 1. The van der Waals surface area contributed by atoms with Crippen LogP contribution in [0.3, 0.4) is 0 Å². The molecule has 2 aliphatic rings. The highest BCUT2D eigenvalue weighted by Gasteiger charge is 2.47. The molecular weight excluding hydrogens is 356 g/mol. The van der Waals surface area contributed by atoms with Crippen molar-refractivity contribution >= 4 is 16.9 Å². The van der Waals surface area contributed by atoms with Crippen molar-refractivity contribution in [1.29, 1.82) is 0 Å². The highest BCUT2D eigenvalue weighted by atomic mass is 16.5. The number of nitrogens with two attached hydrogens (primary N) is 1. The Bertz CT molecular complexity index is 870. The minimum absolute atomic E-state index is 0.0341. The third-order valence-corrected chi connectivity index (χ3v) is 6.56. The van der Waals surface area contributed by atoms with Crippen LogP contribution in [0.25, 0.3) is 10.9 Å². The van der Waals surface area contributed by atoms with Gasteiger partial charge in [0.25, 0.3) is 0 Å². The Morgan fingerprint density at radius 3 is 2.75 bits per heavy atom. The monoisotopic (exact) mass is 386 g/mol. The molecule has 0 saturated carbocycles. The number of aliphatic hydroxyl groups excluding tert-OH is 1. The first kappa shape index (κ1) is 19.1. The summed E-state index contributed by atoms with van der Waals surface area (Å²) in [5.41, 5.74) is 8.93. The molecule has 1 saturated heterocycles. The number of amides is 2. The van der Waals surface area contributed by atoms with Crippen LogP contribution in [-0.2, 0) is 5.41 Å². The van der Waals surface area contributed by atoms with Gasteiger partial charge in [-0.25, -0.2) is 4.79 Å². The number of urea groups is 1. The molecule has 1 aromatic heterocycles. The number of methoxy groups -OCH3 is 1. The number of fused-ring (bicyclic) bond motifs is 4. The van der Waals surface area contributed by atoms with Crippen LogP contribution in [0.5, 0.6) is 5.75 Å². The Kier molecular flexibility index (Phi) is 4.97. The average Bonchev–Trinajstić information content (AvgIpc) is 3.08. The van der Waals surface area contributed by atoms with Gasteiger partial charge in [-0.05, 0) is 43.5 Å². The number of nitrogens with one attached hydrogen (secondary N) is 1. The molecule has 0 radical (unpaired) electrons. The van der Waals surface area contributed by atoms with Crippen molar-refractivity contribution in [2.24, 2.45) is 5.73 Å². The van der Waals surface area contributed by atoms with Crippen molar-refractivity contribution in [3.63, 3.8) is 0 Å². The summed E-state index contributed by atoms with van der Waals surface area (Å²) in [5.74, 6) is 0.814. The van der Waals surface area contributed by atoms with Crippen LogP contribution in [0.2, 0.25) is 0 Å². The summed E-state index contributed by atoms with van der Waals surface area (Å²) in [6, 6.07) is 5.77. The van der Waals surface area contributed by atoms with Crippen LogP contribution in [0.1, 0.15) is 43.5 Å². The van der Waals surface area contributed by atoms with Crippen LogP contribution in [0.4, 0.5) is 4.79 Å². The summed E-state index contributed by atoms with van der Waals surface area (Å²) < 4.78 is 5.41. The average molecular weight is 386 g/mol. The minimum Gasteiger partial charge on any atom is -0.497 e. The van der Waals surface area contributed by atoms with E-state index in [-0.39, 0.29) is 24.1 Å². The van der Waals surface area contributed by atoms with Crippen LogP contribution >= 0.6 is 0 Å². The molecule has 2 amide bonds. The van der Waals surface area contributed by atoms with E-state index in [9.17, 15) is 9.90 Å². The number of benzene rings is 1. The topological polar surface area (TPSA) is 94.8 Å². The maximum absolute atomic E-state index is 11.7. The number of carbonyl (C=O) groups is 1. The summed E-state index contributed by atoms with van der Waals surface area (Å²) in [7, 11) is 1.67. The first-order valence-electron chi connectivity index (χ1n) is 10.1. The predicted octanol–water partition coefficient (Wildman–Crippen LogP) is 2.35. The van der Waals surface area contributed by atoms with Gasteiger partial charge >= 0.3 is 6.03 Å². The van der Waals surface area contributed by atoms with Crippen LogP contribution in [-0.4, -0.2) is 65.8 Å². The number of piperidine rings is 1. The number of primary amides is 1. The fraction of sp³-hybridized carbons (Fsp3) is 0.571. The van der Waals surface area contributed by atoms with Crippen molar-refractivity contribution in [1.82, 2.24) is 14.8 Å². The third kappa shape index (κ3) is 2.93. The van der Waals surface area contributed by atoms with Gasteiger partial charge in [-0.1, -0.05) is 6.92 Å². The maximum atomic E-state index is 11.7. The molecule has 0 bridgehead atoms. The zero-order chi connectivity index (χ0) is 19.9. The van der Waals surface area contributed by atoms with Crippen LogP contribution in [0.15, 0.2) is 18.2 Å². The van der Waals surface area contributed by atoms with Gasteiger partial charge in [-0.15, -0.1) is 0 Å². The Labute approximate surface area is 165 Å². The maximum Gasteiger partial charge on any atom is 0.314 e. The van der Waals surface area contributed by atoms with Gasteiger partial charge < -0.3 is 25.5 Å². The Hall–Kier alpha value is -2.25. The molecule has 4 rings (SSSR count). The fourth-order valence-corrected chi connectivity index (χ4v) is 5.20. The van der Waals surface area contributed by atoms with E-state index in [1.165, 1.54) is 10.9 Å². The molecule has 152 valence electrons. The molecular formula is C21H30N4O3. The summed E-state index contributed by atoms with van der Waals surface area (Å²) in [6.07, 6.45) is 2.78. The summed E-state index contributed by atoms with van der Waals surface area (Å²) in [4.78, 5) is 19.4. The summed E-state index contributed by atoms with van der Waals surface area (Å²) in [5, 5.41) is 11.4. The lowest BCUT2D eigenvalue weighted by Gasteiger charge is -2.50. The molecule has 1 atom stereocenters. The van der Waals surface area contributed by atoms with Gasteiger partial charge in [0.15, 0.2) is 0 Å². The second-order valence-corrected chi connectivity index (χ2v) is 8.10. The van der Waals surface area contributed by atoms with Crippen molar-refractivity contribution in [2.45, 2.75) is 37.6 Å². The molecule has 3 heterocycles. The van der Waals surface area contributed by atoms with Gasteiger partial charge in [0, 0.05) is 47.7 Å². The van der Waals surface area contributed by atoms with Crippen molar-refractivity contribution in [2.75, 3.05) is 39.9 Å². The van der Waals surface area contributed by atoms with E-state index in [1.54, 1.807) is 12.0 Å². The molecule has 1 aromatic carbocycles. The Morgan fingerprint density at radius 1 is 1.39 bits per heavy atom. The number of likely N-dealkylation sites (tertiary alicyclic amines) is 1. The molecule has 28 heavy (non-hydrogen) atoms. The lowest BCUT2D eigenvalue weighted by atomic mass is 9.68. The summed E-state index contributed by atoms with van der Waals surface area (Å²) >= 11 is 0. The molecule has 2 aromatic rings. The van der Waals surface area contributed by atoms with Crippen molar-refractivity contribution < 1.29 is 14.6 Å². The molecule has 0 aliphatic carbocycles. The Morgan fingerprint density at radius 2 is 2.14 bits per heavy atom. The van der Waals surface area contributed by atoms with Gasteiger partial charge in [0.1, 0.15) is 5.75 Å². The smallest absolute Gasteiger partial charge is 0.314 e. The van der Waals surface area contributed by atoms with E-state index in [4.69, 9.17) is 10.5 Å². The zero-order valence-electron chi connectivity index (χ0n) is 16.7. The lowest BCUT2D eigenvalue weighted by Crippen LogP contribution is -2.55. The first-order chi connectivity index (χ1) is 13.5. The number of H-pyrrole nitrogens is 1. The van der Waals surface area contributed by atoms with Crippen LogP contribution < -0.4 is 10.5 Å². The first-order valence-corrected chi connectivity index (χ1v) is 10.1. The molecule has 7 heteroatoms. The molecule has 1 spiro atoms. The highest BCUT2D eigenvalue weighted by molar-refractivity contribution is 5.88. The number of hydrogen-bond acceptors (Lipinski definition) is 4. The van der Waals surface area contributed by atoms with E-state index in [2.05, 4.69) is 22.9 Å². The van der Waals surface area contributed by atoms with E-state index in [0.717, 1.165) is 49.3 Å². The highest BCUT2D eigenvalue weighted by Crippen LogP contribution is 2.49. The molecule has 1 unspecified atom stereocenters. The number of hydrogen-bond donors (Lipinski definition) is 3. The second-order valence-electron chi connectivity index (χ2n) is 8.10. The van der Waals surface area contributed by atoms with E-state index in [1.807, 2.05) is 12.1 Å². The number of carbonyl (C=O) groups excluding carboxylic acids is 1. The fourth-order valence-electron chi connectivity index (χ4n) is 5.20. The number of nitrogens with zero attached hydrogens (tertiary/aromatic N) is 2. The van der Waals surface area contributed by atoms with Gasteiger partial charge in [0.05, 0.1) is 19.8 Å². The quantitative estimate of drug-likeness (QED) is 0.752. The number of aromatic nitrogens is 1. The van der Waals surface area contributed by atoms with E-state index < -0.39 is 0 Å². The van der Waals surface area contributed by atoms with E-state index >= 15 is 0 Å². The molecule has 4 N–H and O–H groups in total. The van der Waals surface area contributed by atoms with Gasteiger partial charge in [0.2, 0.25) is 0 Å². The zero-order valence-corrected chi connectivity index (χ0v) is 16.7. The number of rotatable bonds is 4. The van der Waals surface area contributed by atoms with Crippen LogP contribution in [0, 0.1) is 0 Å². The van der Waals surface area contributed by atoms with Crippen molar-refractivity contribution in [3.05, 3.63) is 29.5 Å². The second kappa shape index (κ2) is 7.29. The number of ether oxygens (including phenoxy) is 1. The van der Waals surface area contributed by atoms with Gasteiger partial charge in [-0.2, -0.15) is 0 Å². The molecule has 1 fully saturated rings. The molecule has 7 nitrogen and oxygen atoms in total.